The molecule has 0 fully saturated rings. The molecule has 1 aromatic carbocycles. The molecule has 0 spiro atoms. The van der Waals surface area contributed by atoms with Gasteiger partial charge in [-0.25, -0.2) is 0 Å². The standard InChI is InChI=1S/C15H14F3N5OS/c1-7(2)9-6-4-5-8(3)10(9)19-11(24)12-22-23-13(15(16,17)18)20-21-14(23)25-12/h4-7H,1-3H3,(H,19,24). The molecule has 2 heterocycles. The van der Waals surface area contributed by atoms with Crippen LogP contribution in [0.3, 0.4) is 0 Å². The number of hydrogen-bond donors (Lipinski definition) is 1. The maximum absolute atomic E-state index is 12.8. The number of alkyl halides is 3. The Morgan fingerprint density at radius 2 is 2.00 bits per heavy atom. The van der Waals surface area contributed by atoms with Gasteiger partial charge >= 0.3 is 6.18 Å². The minimum Gasteiger partial charge on any atom is -0.319 e. The number of nitrogens with zero attached hydrogens (tertiary/aromatic N) is 4. The molecule has 25 heavy (non-hydrogen) atoms. The molecule has 0 saturated heterocycles. The van der Waals surface area contributed by atoms with Crippen molar-refractivity contribution in [3.05, 3.63) is 40.2 Å². The van der Waals surface area contributed by atoms with Crippen LogP contribution < -0.4 is 5.32 Å². The summed E-state index contributed by atoms with van der Waals surface area (Å²) < 4.78 is 39.1. The van der Waals surface area contributed by atoms with Gasteiger partial charge in [0.05, 0.1) is 0 Å². The minimum atomic E-state index is -4.69. The van der Waals surface area contributed by atoms with Crippen molar-refractivity contribution in [3.63, 3.8) is 0 Å². The zero-order chi connectivity index (χ0) is 18.4. The number of fused-ring (bicyclic) bond motifs is 1. The van der Waals surface area contributed by atoms with Crippen molar-refractivity contribution in [3.8, 4) is 0 Å². The number of carbonyl (C=O) groups is 1. The number of hydrogen-bond acceptors (Lipinski definition) is 5. The Kier molecular flexibility index (Phi) is 4.23. The predicted octanol–water partition coefficient (Wildman–Crippen LogP) is 3.89. The van der Waals surface area contributed by atoms with Crippen LogP contribution >= 0.6 is 11.3 Å². The fraction of sp³-hybridized carbons (Fsp3) is 0.333. The summed E-state index contributed by atoms with van der Waals surface area (Å²) in [7, 11) is 0. The van der Waals surface area contributed by atoms with Gasteiger partial charge in [-0.2, -0.15) is 17.7 Å². The smallest absolute Gasteiger partial charge is 0.319 e. The molecule has 3 aromatic rings. The topological polar surface area (TPSA) is 72.2 Å². The van der Waals surface area contributed by atoms with Gasteiger partial charge in [-0.05, 0) is 24.0 Å². The number of rotatable bonds is 3. The van der Waals surface area contributed by atoms with Crippen molar-refractivity contribution < 1.29 is 18.0 Å². The van der Waals surface area contributed by atoms with Crippen LogP contribution in [0.4, 0.5) is 18.9 Å². The lowest BCUT2D eigenvalue weighted by atomic mass is 9.98. The Hall–Kier alpha value is -2.49. The Morgan fingerprint density at radius 3 is 2.64 bits per heavy atom. The average molecular weight is 369 g/mol. The number of para-hydroxylation sites is 1. The Balaban J connectivity index is 1.95. The highest BCUT2D eigenvalue weighted by atomic mass is 32.1. The van der Waals surface area contributed by atoms with Crippen LogP contribution in [0.1, 0.15) is 46.5 Å². The quantitative estimate of drug-likeness (QED) is 0.760. The molecule has 6 nitrogen and oxygen atoms in total. The van der Waals surface area contributed by atoms with E-state index < -0.39 is 17.9 Å². The summed E-state index contributed by atoms with van der Waals surface area (Å²) in [5.41, 5.74) is 2.44. The molecular weight excluding hydrogens is 355 g/mol. The first-order valence-electron chi connectivity index (χ1n) is 7.38. The largest absolute Gasteiger partial charge is 0.453 e. The first-order valence-corrected chi connectivity index (χ1v) is 8.20. The van der Waals surface area contributed by atoms with E-state index in [9.17, 15) is 18.0 Å². The number of carbonyl (C=O) groups excluding carboxylic acids is 1. The fourth-order valence-electron chi connectivity index (χ4n) is 2.39. The van der Waals surface area contributed by atoms with Crippen molar-refractivity contribution in [2.24, 2.45) is 0 Å². The summed E-state index contributed by atoms with van der Waals surface area (Å²) >= 11 is 0.748. The van der Waals surface area contributed by atoms with Crippen molar-refractivity contribution in [2.45, 2.75) is 32.9 Å². The molecule has 0 radical (unpaired) electrons. The molecule has 2 aromatic heterocycles. The lowest BCUT2D eigenvalue weighted by Crippen LogP contribution is -2.16. The number of amides is 1. The van der Waals surface area contributed by atoms with Crippen LogP contribution in [0.15, 0.2) is 18.2 Å². The van der Waals surface area contributed by atoms with Crippen LogP contribution in [-0.2, 0) is 6.18 Å². The number of nitrogens with one attached hydrogen (secondary N) is 1. The van der Waals surface area contributed by atoms with E-state index in [4.69, 9.17) is 0 Å². The molecule has 3 rings (SSSR count). The average Bonchev–Trinajstić information content (AvgIpc) is 3.07. The maximum Gasteiger partial charge on any atom is 0.453 e. The van der Waals surface area contributed by atoms with Crippen LogP contribution in [-0.4, -0.2) is 25.7 Å². The van der Waals surface area contributed by atoms with Crippen LogP contribution in [0.5, 0.6) is 0 Å². The van der Waals surface area contributed by atoms with Gasteiger partial charge in [0.25, 0.3) is 11.7 Å². The predicted molar refractivity (Wildman–Crippen MR) is 86.9 cm³/mol. The van der Waals surface area contributed by atoms with E-state index in [0.29, 0.717) is 10.2 Å². The van der Waals surface area contributed by atoms with Gasteiger partial charge in [0.1, 0.15) is 0 Å². The molecule has 0 bridgehead atoms. The second-order valence-electron chi connectivity index (χ2n) is 5.77. The zero-order valence-electron chi connectivity index (χ0n) is 13.5. The highest BCUT2D eigenvalue weighted by molar-refractivity contribution is 7.18. The first-order chi connectivity index (χ1) is 11.7. The molecule has 0 unspecified atom stereocenters. The molecule has 1 N–H and O–H groups in total. The molecule has 0 aliphatic carbocycles. The summed E-state index contributed by atoms with van der Waals surface area (Å²) in [4.78, 5) is 12.4. The summed E-state index contributed by atoms with van der Waals surface area (Å²) in [6.45, 7) is 5.83. The van der Waals surface area contributed by atoms with E-state index in [1.165, 1.54) is 0 Å². The Morgan fingerprint density at radius 1 is 1.28 bits per heavy atom. The van der Waals surface area contributed by atoms with Crippen LogP contribution in [0.2, 0.25) is 0 Å². The van der Waals surface area contributed by atoms with Crippen LogP contribution in [0, 0.1) is 6.92 Å². The number of aromatic nitrogens is 4. The summed E-state index contributed by atoms with van der Waals surface area (Å²) in [6.07, 6.45) is -4.69. The highest BCUT2D eigenvalue weighted by Gasteiger charge is 2.38. The molecule has 10 heteroatoms. The van der Waals surface area contributed by atoms with Gasteiger partial charge in [-0.1, -0.05) is 43.4 Å². The van der Waals surface area contributed by atoms with E-state index in [0.717, 1.165) is 22.5 Å². The fourth-order valence-corrected chi connectivity index (χ4v) is 3.13. The summed E-state index contributed by atoms with van der Waals surface area (Å²) in [6, 6.07) is 5.63. The third-order valence-corrected chi connectivity index (χ3v) is 4.50. The third-order valence-electron chi connectivity index (χ3n) is 3.60. The number of aryl methyl sites for hydroxylation is 1. The molecule has 0 atom stereocenters. The molecule has 0 aliphatic heterocycles. The zero-order valence-corrected chi connectivity index (χ0v) is 14.4. The van der Waals surface area contributed by atoms with Gasteiger partial charge in [-0.15, -0.1) is 15.3 Å². The highest BCUT2D eigenvalue weighted by Crippen LogP contribution is 2.30. The normalized spacial score (nSPS) is 12.1. The van der Waals surface area contributed by atoms with Gasteiger partial charge in [-0.3, -0.25) is 4.79 Å². The van der Waals surface area contributed by atoms with Crippen molar-refractivity contribution in [1.82, 2.24) is 19.8 Å². The van der Waals surface area contributed by atoms with E-state index in [2.05, 4.69) is 20.6 Å². The number of halogens is 3. The lowest BCUT2D eigenvalue weighted by molar-refractivity contribution is -0.146. The monoisotopic (exact) mass is 369 g/mol. The van der Waals surface area contributed by atoms with Crippen LogP contribution in [0.25, 0.3) is 4.96 Å². The van der Waals surface area contributed by atoms with Gasteiger partial charge in [0, 0.05) is 5.69 Å². The first kappa shape index (κ1) is 17.3. The van der Waals surface area contributed by atoms with Gasteiger partial charge < -0.3 is 5.32 Å². The second-order valence-corrected chi connectivity index (χ2v) is 6.73. The van der Waals surface area contributed by atoms with E-state index >= 15 is 0 Å². The van der Waals surface area contributed by atoms with E-state index in [-0.39, 0.29) is 15.9 Å². The van der Waals surface area contributed by atoms with E-state index in [1.807, 2.05) is 39.0 Å². The van der Waals surface area contributed by atoms with Crippen molar-refractivity contribution in [2.75, 3.05) is 5.32 Å². The van der Waals surface area contributed by atoms with Gasteiger partial charge in [0.15, 0.2) is 0 Å². The number of anilines is 1. The third kappa shape index (κ3) is 3.21. The SMILES string of the molecule is Cc1cccc(C(C)C)c1NC(=O)c1nn2c(C(F)(F)F)nnc2s1. The van der Waals surface area contributed by atoms with Crippen molar-refractivity contribution in [1.29, 1.82) is 0 Å². The van der Waals surface area contributed by atoms with Gasteiger partial charge in [0.2, 0.25) is 9.97 Å². The number of benzene rings is 1. The Bertz CT molecular complexity index is 944. The molecule has 0 saturated carbocycles. The molecule has 1 amide bonds. The maximum atomic E-state index is 12.8. The molecular formula is C15H14F3N5OS. The minimum absolute atomic E-state index is 0.0914. The molecule has 0 aliphatic rings. The van der Waals surface area contributed by atoms with E-state index in [1.54, 1.807) is 0 Å². The second kappa shape index (κ2) is 6.10. The summed E-state index contributed by atoms with van der Waals surface area (Å²) in [5.74, 6) is -1.67. The molecule has 132 valence electrons. The Labute approximate surface area is 144 Å². The summed E-state index contributed by atoms with van der Waals surface area (Å²) in [5, 5.41) is 12.8. The van der Waals surface area contributed by atoms with Crippen molar-refractivity contribution >= 4 is 27.9 Å². The lowest BCUT2D eigenvalue weighted by Gasteiger charge is -2.15.